The summed E-state index contributed by atoms with van der Waals surface area (Å²) in [6.07, 6.45) is 13.0. The Morgan fingerprint density at radius 1 is 1.04 bits per heavy atom. The third-order valence-corrected chi connectivity index (χ3v) is 13.7. The SMILES string of the molecule is C[CH]=[Ti]([CH2]c1ccccc1)([C]1=CC=CC1)[CH]1C=Cc2ccccc21. The van der Waals surface area contributed by atoms with Crippen molar-refractivity contribution in [3.8, 4) is 0 Å². The average molecular weight is 347 g/mol. The van der Waals surface area contributed by atoms with Gasteiger partial charge in [0.15, 0.2) is 0 Å². The van der Waals surface area contributed by atoms with Crippen LogP contribution < -0.4 is 0 Å². The number of fused-ring (bicyclic) bond motifs is 1. The van der Waals surface area contributed by atoms with Crippen LogP contribution in [0.1, 0.15) is 34.3 Å². The van der Waals surface area contributed by atoms with Crippen LogP contribution in [0.15, 0.2) is 82.8 Å². The van der Waals surface area contributed by atoms with Gasteiger partial charge in [0.05, 0.1) is 0 Å². The summed E-state index contributed by atoms with van der Waals surface area (Å²) in [4.78, 5) is 0. The van der Waals surface area contributed by atoms with Crippen LogP contribution in [-0.4, -0.2) is 4.31 Å². The van der Waals surface area contributed by atoms with Crippen LogP contribution in [-0.2, 0) is 20.9 Å². The zero-order valence-corrected chi connectivity index (χ0v) is 15.7. The summed E-state index contributed by atoms with van der Waals surface area (Å²) in [5.41, 5.74) is 4.44. The fourth-order valence-corrected chi connectivity index (χ4v) is 11.9. The van der Waals surface area contributed by atoms with Crippen molar-refractivity contribution in [1.82, 2.24) is 0 Å². The second-order valence-electron chi connectivity index (χ2n) is 6.78. The number of rotatable bonds is 4. The molecule has 0 aliphatic heterocycles. The summed E-state index contributed by atoms with van der Waals surface area (Å²) in [6, 6.07) is 20.0. The molecule has 2 atom stereocenters. The topological polar surface area (TPSA) is 0 Å². The Hall–Kier alpha value is -1.76. The predicted molar refractivity (Wildman–Crippen MR) is 102 cm³/mol. The Labute approximate surface area is 148 Å². The van der Waals surface area contributed by atoms with Gasteiger partial charge in [-0.25, -0.2) is 0 Å². The van der Waals surface area contributed by atoms with Gasteiger partial charge in [0.1, 0.15) is 0 Å². The molecule has 2 aromatic rings. The van der Waals surface area contributed by atoms with E-state index in [1.807, 2.05) is 0 Å². The Bertz CT molecular complexity index is 881. The Kier molecular flexibility index (Phi) is 4.35. The maximum atomic E-state index is 2.63. The predicted octanol–water partition coefficient (Wildman–Crippen LogP) is 5.77. The summed E-state index contributed by atoms with van der Waals surface area (Å²) in [5, 5.41) is 0. The van der Waals surface area contributed by atoms with Gasteiger partial charge in [0, 0.05) is 0 Å². The molecule has 0 bridgehead atoms. The maximum absolute atomic E-state index is 2.63. The van der Waals surface area contributed by atoms with E-state index in [-0.39, 0.29) is 0 Å². The Morgan fingerprint density at radius 3 is 2.58 bits per heavy atom. The van der Waals surface area contributed by atoms with Gasteiger partial charge in [-0.05, 0) is 0 Å². The van der Waals surface area contributed by atoms with Gasteiger partial charge in [-0.1, -0.05) is 0 Å². The summed E-state index contributed by atoms with van der Waals surface area (Å²) in [6.45, 7) is 2.32. The summed E-state index contributed by atoms with van der Waals surface area (Å²) >= 11 is -2.45. The van der Waals surface area contributed by atoms with E-state index in [2.05, 4.69) is 96.2 Å². The summed E-state index contributed by atoms with van der Waals surface area (Å²) < 4.78 is 6.17. The molecule has 0 nitrogen and oxygen atoms in total. The molecule has 0 heterocycles. The first-order valence-corrected chi connectivity index (χ1v) is 12.5. The molecule has 1 heteroatoms. The van der Waals surface area contributed by atoms with E-state index in [9.17, 15) is 0 Å². The van der Waals surface area contributed by atoms with Crippen LogP contribution in [0.3, 0.4) is 0 Å². The molecule has 0 saturated carbocycles. The molecule has 4 rings (SSSR count). The summed E-state index contributed by atoms with van der Waals surface area (Å²) in [5.74, 6) is 0. The Balaban J connectivity index is 1.84. The average Bonchev–Trinajstić information content (AvgIpc) is 3.31. The number of hydrogen-bond donors (Lipinski definition) is 0. The summed E-state index contributed by atoms with van der Waals surface area (Å²) in [7, 11) is 0. The van der Waals surface area contributed by atoms with Crippen LogP contribution in [0.2, 0.25) is 0 Å². The first-order valence-electron chi connectivity index (χ1n) is 8.81. The fourth-order valence-electron chi connectivity index (χ4n) is 4.31. The molecule has 0 radical (unpaired) electrons. The molecule has 2 aromatic carbocycles. The van der Waals surface area contributed by atoms with Crippen molar-refractivity contribution in [2.24, 2.45) is 0 Å². The third-order valence-electron chi connectivity index (χ3n) is 5.58. The molecule has 24 heavy (non-hydrogen) atoms. The van der Waals surface area contributed by atoms with Gasteiger partial charge in [-0.3, -0.25) is 0 Å². The van der Waals surface area contributed by atoms with Crippen molar-refractivity contribution in [1.29, 1.82) is 0 Å². The monoisotopic (exact) mass is 347 g/mol. The Morgan fingerprint density at radius 2 is 1.83 bits per heavy atom. The van der Waals surface area contributed by atoms with E-state index in [4.69, 9.17) is 0 Å². The minimum absolute atomic E-state index is 0.595. The first-order chi connectivity index (χ1) is 11.8. The van der Waals surface area contributed by atoms with Gasteiger partial charge in [0.25, 0.3) is 0 Å². The molecule has 0 N–H and O–H groups in total. The van der Waals surface area contributed by atoms with Crippen LogP contribution in [0.4, 0.5) is 0 Å². The van der Waals surface area contributed by atoms with Gasteiger partial charge in [0.2, 0.25) is 0 Å². The molecule has 119 valence electrons. The van der Waals surface area contributed by atoms with Crippen LogP contribution in [0.25, 0.3) is 6.08 Å². The standard InChI is InChI=1S/C9H7.C7H7.C5H5.C2H4.Ti/c1-2-5-9-7-3-6-8(9)4-1;1-7-5-3-2-4-6-7;1-2-4-5-3-1;1-2;/h1-7H;2-6H,1H2;1-3H,4H2;1H,2H3;. The normalized spacial score (nSPS) is 20.5. The van der Waals surface area contributed by atoms with Crippen molar-refractivity contribution in [3.63, 3.8) is 0 Å². The molecule has 0 aromatic heterocycles. The molecule has 0 saturated heterocycles. The number of hydrogen-bond acceptors (Lipinski definition) is 0. The molecule has 2 unspecified atom stereocenters. The third kappa shape index (κ3) is 2.64. The van der Waals surface area contributed by atoms with E-state index in [1.165, 1.54) is 15.9 Å². The zero-order chi connectivity index (χ0) is 16.4. The quantitative estimate of drug-likeness (QED) is 0.616. The molecule has 0 amide bonds. The van der Waals surface area contributed by atoms with Crippen LogP contribution >= 0.6 is 0 Å². The van der Waals surface area contributed by atoms with E-state index in [0.717, 1.165) is 6.42 Å². The van der Waals surface area contributed by atoms with E-state index in [0.29, 0.717) is 4.22 Å². The van der Waals surface area contributed by atoms with Crippen molar-refractivity contribution < 1.29 is 16.1 Å². The van der Waals surface area contributed by atoms with E-state index in [1.54, 1.807) is 9.44 Å². The number of benzene rings is 2. The van der Waals surface area contributed by atoms with Crippen molar-refractivity contribution in [3.05, 3.63) is 99.5 Å². The fraction of sp³-hybridized carbons (Fsp3) is 0.174. The number of allylic oxidation sites excluding steroid dienone is 5. The van der Waals surface area contributed by atoms with E-state index >= 15 is 0 Å². The van der Waals surface area contributed by atoms with Crippen molar-refractivity contribution in [2.45, 2.75) is 22.3 Å². The molecule has 2 aliphatic rings. The molecule has 2 aliphatic carbocycles. The van der Waals surface area contributed by atoms with Crippen LogP contribution in [0, 0.1) is 0 Å². The van der Waals surface area contributed by atoms with Crippen LogP contribution in [0.5, 0.6) is 0 Å². The van der Waals surface area contributed by atoms with Gasteiger partial charge < -0.3 is 0 Å². The minimum atomic E-state index is -2.45. The van der Waals surface area contributed by atoms with Gasteiger partial charge >= 0.3 is 148 Å². The zero-order valence-electron chi connectivity index (χ0n) is 14.2. The second-order valence-corrected chi connectivity index (χ2v) is 13.5. The van der Waals surface area contributed by atoms with Gasteiger partial charge in [-0.15, -0.1) is 0 Å². The van der Waals surface area contributed by atoms with Crippen molar-refractivity contribution >= 4 is 10.4 Å². The van der Waals surface area contributed by atoms with Crippen molar-refractivity contribution in [2.75, 3.05) is 0 Å². The second kappa shape index (κ2) is 6.63. The molecular formula is C23H23Ti. The van der Waals surface area contributed by atoms with Gasteiger partial charge in [-0.2, -0.15) is 0 Å². The first kappa shape index (κ1) is 15.8. The molecular weight excluding hydrogens is 324 g/mol. The van der Waals surface area contributed by atoms with E-state index < -0.39 is 16.1 Å². The molecule has 0 fully saturated rings. The molecule has 0 spiro atoms.